The number of benzene rings is 2. The van der Waals surface area contributed by atoms with Crippen molar-refractivity contribution in [1.82, 2.24) is 0 Å². The number of phenolic OH excluding ortho intramolecular Hbond substituents is 1. The van der Waals surface area contributed by atoms with Crippen molar-refractivity contribution in [3.05, 3.63) is 52.5 Å². The first-order valence-electron chi connectivity index (χ1n) is 6.87. The minimum Gasteiger partial charge on any atom is -0.507 e. The third-order valence-electron chi connectivity index (χ3n) is 3.38. The van der Waals surface area contributed by atoms with Crippen LogP contribution in [0.15, 0.2) is 36.4 Å². The van der Waals surface area contributed by atoms with Crippen LogP contribution in [0.5, 0.6) is 11.5 Å². The molecule has 2 aromatic rings. The lowest BCUT2D eigenvalue weighted by Gasteiger charge is -2.06. The number of aromatic hydroxyl groups is 1. The number of ether oxygens (including phenoxy) is 1. The summed E-state index contributed by atoms with van der Waals surface area (Å²) in [6.45, 7) is 2.40. The fourth-order valence-electron chi connectivity index (χ4n) is 2.37. The highest BCUT2D eigenvalue weighted by Gasteiger charge is 2.24. The van der Waals surface area contributed by atoms with E-state index in [2.05, 4.69) is 5.32 Å². The molecule has 0 bridgehead atoms. The number of nitrogens with one attached hydrogen (secondary N) is 1. The van der Waals surface area contributed by atoms with Crippen LogP contribution in [0.1, 0.15) is 18.1 Å². The van der Waals surface area contributed by atoms with Crippen LogP contribution >= 0.6 is 11.6 Å². The molecule has 5 heteroatoms. The molecule has 1 amide bonds. The van der Waals surface area contributed by atoms with Gasteiger partial charge < -0.3 is 15.2 Å². The first-order chi connectivity index (χ1) is 10.6. The van der Waals surface area contributed by atoms with Crippen molar-refractivity contribution in [2.45, 2.75) is 6.92 Å². The molecule has 112 valence electrons. The number of phenols is 1. The van der Waals surface area contributed by atoms with Crippen molar-refractivity contribution in [1.29, 1.82) is 0 Å². The van der Waals surface area contributed by atoms with Gasteiger partial charge in [0, 0.05) is 27.8 Å². The van der Waals surface area contributed by atoms with Gasteiger partial charge in [-0.3, -0.25) is 4.79 Å². The Hall–Kier alpha value is -2.46. The Morgan fingerprint density at radius 1 is 1.27 bits per heavy atom. The van der Waals surface area contributed by atoms with Crippen molar-refractivity contribution in [3.63, 3.8) is 0 Å². The quantitative estimate of drug-likeness (QED) is 0.844. The summed E-state index contributed by atoms with van der Waals surface area (Å²) in [5.41, 5.74) is 2.49. The van der Waals surface area contributed by atoms with E-state index in [1.165, 1.54) is 6.07 Å². The standard InChI is InChI=1S/C17H14ClNO3/c1-2-22-12-5-3-10(16(20)9-12)7-14-13-6-4-11(18)8-15(13)19-17(14)21/h3-9,20H,2H2,1H3,(H,19,21). The molecule has 1 heterocycles. The van der Waals surface area contributed by atoms with Crippen molar-refractivity contribution in [2.75, 3.05) is 11.9 Å². The van der Waals surface area contributed by atoms with Crippen molar-refractivity contribution >= 4 is 34.8 Å². The molecule has 1 aliphatic rings. The molecule has 2 N–H and O–H groups in total. The van der Waals surface area contributed by atoms with Gasteiger partial charge in [-0.1, -0.05) is 17.7 Å². The van der Waals surface area contributed by atoms with Crippen LogP contribution in [0.3, 0.4) is 0 Å². The molecular weight excluding hydrogens is 302 g/mol. The van der Waals surface area contributed by atoms with Gasteiger partial charge in [-0.2, -0.15) is 0 Å². The summed E-state index contributed by atoms with van der Waals surface area (Å²) in [5, 5.41) is 13.4. The van der Waals surface area contributed by atoms with E-state index in [0.717, 1.165) is 5.56 Å². The molecule has 0 aliphatic carbocycles. The Labute approximate surface area is 133 Å². The summed E-state index contributed by atoms with van der Waals surface area (Å²) in [7, 11) is 0. The first kappa shape index (κ1) is 14.5. The van der Waals surface area contributed by atoms with Crippen molar-refractivity contribution < 1.29 is 14.6 Å². The highest BCUT2D eigenvalue weighted by atomic mass is 35.5. The second-order valence-electron chi connectivity index (χ2n) is 4.86. The number of rotatable bonds is 3. The molecule has 0 radical (unpaired) electrons. The first-order valence-corrected chi connectivity index (χ1v) is 7.25. The summed E-state index contributed by atoms with van der Waals surface area (Å²) in [5.74, 6) is 0.435. The smallest absolute Gasteiger partial charge is 0.256 e. The molecule has 3 rings (SSSR count). The second-order valence-corrected chi connectivity index (χ2v) is 5.29. The average Bonchev–Trinajstić information content (AvgIpc) is 2.77. The number of carbonyl (C=O) groups excluding carboxylic acids is 1. The number of fused-ring (bicyclic) bond motifs is 1. The summed E-state index contributed by atoms with van der Waals surface area (Å²) in [6.07, 6.45) is 1.65. The van der Waals surface area contributed by atoms with Crippen LogP contribution in [0.4, 0.5) is 5.69 Å². The van der Waals surface area contributed by atoms with E-state index in [-0.39, 0.29) is 11.7 Å². The van der Waals surface area contributed by atoms with Gasteiger partial charge in [0.1, 0.15) is 11.5 Å². The Kier molecular flexibility index (Phi) is 3.77. The minimum absolute atomic E-state index is 0.0636. The van der Waals surface area contributed by atoms with Crippen LogP contribution < -0.4 is 10.1 Å². The third-order valence-corrected chi connectivity index (χ3v) is 3.61. The predicted molar refractivity (Wildman–Crippen MR) is 87.2 cm³/mol. The van der Waals surface area contributed by atoms with Crippen LogP contribution in [0.25, 0.3) is 11.6 Å². The van der Waals surface area contributed by atoms with E-state index in [1.54, 1.807) is 36.4 Å². The number of carbonyl (C=O) groups is 1. The average molecular weight is 316 g/mol. The van der Waals surface area contributed by atoms with E-state index in [9.17, 15) is 9.90 Å². The molecule has 0 atom stereocenters. The maximum Gasteiger partial charge on any atom is 0.256 e. The van der Waals surface area contributed by atoms with E-state index in [4.69, 9.17) is 16.3 Å². The van der Waals surface area contributed by atoms with E-state index in [0.29, 0.717) is 34.2 Å². The summed E-state index contributed by atoms with van der Waals surface area (Å²) >= 11 is 5.93. The number of anilines is 1. The molecule has 2 aromatic carbocycles. The fourth-order valence-corrected chi connectivity index (χ4v) is 2.54. The van der Waals surface area contributed by atoms with Gasteiger partial charge in [0.15, 0.2) is 0 Å². The SMILES string of the molecule is CCOc1ccc(C=C2C(=O)Nc3cc(Cl)ccc32)c(O)c1. The number of hydrogen-bond acceptors (Lipinski definition) is 3. The Morgan fingerprint density at radius 2 is 2.09 bits per heavy atom. The zero-order chi connectivity index (χ0) is 15.7. The molecule has 0 aromatic heterocycles. The molecule has 0 unspecified atom stereocenters. The predicted octanol–water partition coefficient (Wildman–Crippen LogP) is 3.94. The molecule has 1 aliphatic heterocycles. The highest BCUT2D eigenvalue weighted by molar-refractivity contribution is 6.36. The van der Waals surface area contributed by atoms with Gasteiger partial charge in [-0.25, -0.2) is 0 Å². The largest absolute Gasteiger partial charge is 0.507 e. The minimum atomic E-state index is -0.217. The molecule has 0 saturated carbocycles. The summed E-state index contributed by atoms with van der Waals surface area (Å²) in [6, 6.07) is 10.2. The van der Waals surface area contributed by atoms with Crippen molar-refractivity contribution in [2.24, 2.45) is 0 Å². The summed E-state index contributed by atoms with van der Waals surface area (Å²) < 4.78 is 5.33. The fraction of sp³-hybridized carbons (Fsp3) is 0.118. The number of hydrogen-bond donors (Lipinski definition) is 2. The monoisotopic (exact) mass is 315 g/mol. The van der Waals surface area contributed by atoms with Crippen LogP contribution in [-0.4, -0.2) is 17.6 Å². The molecule has 4 nitrogen and oxygen atoms in total. The Morgan fingerprint density at radius 3 is 2.82 bits per heavy atom. The zero-order valence-electron chi connectivity index (χ0n) is 11.9. The maximum atomic E-state index is 12.1. The van der Waals surface area contributed by atoms with Gasteiger partial charge >= 0.3 is 0 Å². The van der Waals surface area contributed by atoms with E-state index >= 15 is 0 Å². The third kappa shape index (κ3) is 2.65. The number of amides is 1. The Balaban J connectivity index is 2.01. The highest BCUT2D eigenvalue weighted by Crippen LogP contribution is 2.36. The van der Waals surface area contributed by atoms with Gasteiger partial charge in [-0.05, 0) is 37.3 Å². The molecular formula is C17H14ClNO3. The maximum absolute atomic E-state index is 12.1. The lowest BCUT2D eigenvalue weighted by atomic mass is 10.0. The lowest BCUT2D eigenvalue weighted by Crippen LogP contribution is -2.03. The van der Waals surface area contributed by atoms with Crippen LogP contribution in [0, 0.1) is 0 Å². The van der Waals surface area contributed by atoms with Gasteiger partial charge in [0.05, 0.1) is 12.3 Å². The van der Waals surface area contributed by atoms with Gasteiger partial charge in [0.25, 0.3) is 5.91 Å². The molecule has 0 fully saturated rings. The molecule has 0 saturated heterocycles. The van der Waals surface area contributed by atoms with E-state index in [1.807, 2.05) is 6.92 Å². The topological polar surface area (TPSA) is 58.6 Å². The number of halogens is 1. The van der Waals surface area contributed by atoms with Crippen molar-refractivity contribution in [3.8, 4) is 11.5 Å². The van der Waals surface area contributed by atoms with Gasteiger partial charge in [-0.15, -0.1) is 0 Å². The zero-order valence-corrected chi connectivity index (χ0v) is 12.6. The molecule has 22 heavy (non-hydrogen) atoms. The van der Waals surface area contributed by atoms with Crippen LogP contribution in [-0.2, 0) is 4.79 Å². The second kappa shape index (κ2) is 5.73. The van der Waals surface area contributed by atoms with Crippen LogP contribution in [0.2, 0.25) is 5.02 Å². The van der Waals surface area contributed by atoms with E-state index < -0.39 is 0 Å². The lowest BCUT2D eigenvalue weighted by molar-refractivity contribution is -0.110. The summed E-state index contributed by atoms with van der Waals surface area (Å²) in [4.78, 5) is 12.1. The van der Waals surface area contributed by atoms with Gasteiger partial charge in [0.2, 0.25) is 0 Å². The Bertz CT molecular complexity index is 783. The normalized spacial score (nSPS) is 14.8. The molecule has 0 spiro atoms.